The molecule has 18 heavy (non-hydrogen) atoms. The molecule has 0 aromatic heterocycles. The summed E-state index contributed by atoms with van der Waals surface area (Å²) in [7, 11) is -1.67. The van der Waals surface area contributed by atoms with Crippen LogP contribution < -0.4 is 14.9 Å². The van der Waals surface area contributed by atoms with E-state index in [0.717, 1.165) is 0 Å². The maximum atomic E-state index is 10.5. The molecule has 3 N–H and O–H groups in total. The summed E-state index contributed by atoms with van der Waals surface area (Å²) in [5, 5.41) is 27.3. The van der Waals surface area contributed by atoms with Crippen molar-refractivity contribution in [3.8, 4) is 11.5 Å². The zero-order valence-electron chi connectivity index (χ0n) is 9.63. The zero-order chi connectivity index (χ0) is 13.1. The molecule has 0 spiro atoms. The van der Waals surface area contributed by atoms with E-state index >= 15 is 0 Å². The van der Waals surface area contributed by atoms with Crippen LogP contribution in [0.1, 0.15) is 18.4 Å². The molecule has 1 heterocycles. The number of fused-ring (bicyclic) bond motifs is 1. The summed E-state index contributed by atoms with van der Waals surface area (Å²) in [5.41, 5.74) is 0.922. The van der Waals surface area contributed by atoms with Crippen LogP contribution in [0.5, 0.6) is 11.5 Å². The van der Waals surface area contributed by atoms with Gasteiger partial charge in [0, 0.05) is 11.9 Å². The van der Waals surface area contributed by atoms with Gasteiger partial charge in [0.2, 0.25) is 6.79 Å². The van der Waals surface area contributed by atoms with Gasteiger partial charge in [-0.3, -0.25) is 4.79 Å². The van der Waals surface area contributed by atoms with Crippen LogP contribution in [0.4, 0.5) is 0 Å². The van der Waals surface area contributed by atoms with Gasteiger partial charge in [-0.2, -0.15) is 0 Å². The Hall–Kier alpha value is -1.73. The monoisotopic (exact) mass is 252 g/mol. The van der Waals surface area contributed by atoms with E-state index in [4.69, 9.17) is 14.6 Å². The first kappa shape index (κ1) is 12.7. The standard InChI is InChI=1S/C11H13BO6/c13-9(14)3-1-2-7-4-5-8-11(18-6-17-8)10(7)12(15)16/h4-5,15-16H,1-3,6H2,(H,13,14). The minimum atomic E-state index is -1.67. The van der Waals surface area contributed by atoms with E-state index in [2.05, 4.69) is 0 Å². The Morgan fingerprint density at radius 2 is 2.11 bits per heavy atom. The van der Waals surface area contributed by atoms with Crippen molar-refractivity contribution in [2.75, 3.05) is 6.79 Å². The van der Waals surface area contributed by atoms with Crippen molar-refractivity contribution < 1.29 is 29.4 Å². The predicted octanol–water partition coefficient (Wildman–Crippen LogP) is -0.498. The highest BCUT2D eigenvalue weighted by Crippen LogP contribution is 2.31. The number of hydrogen-bond acceptors (Lipinski definition) is 5. The smallest absolute Gasteiger partial charge is 0.481 e. The molecule has 0 aliphatic carbocycles. The van der Waals surface area contributed by atoms with Crippen molar-refractivity contribution in [1.82, 2.24) is 0 Å². The lowest BCUT2D eigenvalue weighted by atomic mass is 9.75. The van der Waals surface area contributed by atoms with Crippen molar-refractivity contribution in [2.24, 2.45) is 0 Å². The molecule has 0 unspecified atom stereocenters. The Kier molecular flexibility index (Phi) is 3.73. The van der Waals surface area contributed by atoms with Gasteiger partial charge in [0.05, 0.1) is 0 Å². The average molecular weight is 252 g/mol. The van der Waals surface area contributed by atoms with Crippen molar-refractivity contribution in [2.45, 2.75) is 19.3 Å². The van der Waals surface area contributed by atoms with Crippen LogP contribution in [0.15, 0.2) is 12.1 Å². The second kappa shape index (κ2) is 5.28. The lowest BCUT2D eigenvalue weighted by Crippen LogP contribution is -2.34. The highest BCUT2D eigenvalue weighted by Gasteiger charge is 2.27. The molecule has 2 rings (SSSR count). The second-order valence-electron chi connectivity index (χ2n) is 3.99. The molecule has 6 nitrogen and oxygen atoms in total. The first-order valence-electron chi connectivity index (χ1n) is 5.59. The molecule has 0 atom stereocenters. The normalized spacial score (nSPS) is 12.6. The topological polar surface area (TPSA) is 96.2 Å². The zero-order valence-corrected chi connectivity index (χ0v) is 9.63. The van der Waals surface area contributed by atoms with E-state index in [1.807, 2.05) is 0 Å². The number of rotatable bonds is 5. The summed E-state index contributed by atoms with van der Waals surface area (Å²) >= 11 is 0. The van der Waals surface area contributed by atoms with Crippen molar-refractivity contribution in [3.63, 3.8) is 0 Å². The quantitative estimate of drug-likeness (QED) is 0.611. The molecule has 0 saturated carbocycles. The molecule has 0 radical (unpaired) electrons. The van der Waals surface area contributed by atoms with Gasteiger partial charge in [-0.1, -0.05) is 6.07 Å². The van der Waals surface area contributed by atoms with Crippen molar-refractivity contribution >= 4 is 18.6 Å². The molecule has 1 aromatic rings. The van der Waals surface area contributed by atoms with Gasteiger partial charge in [-0.25, -0.2) is 0 Å². The number of carboxylic acids is 1. The predicted molar refractivity (Wildman–Crippen MR) is 63.0 cm³/mol. The number of carbonyl (C=O) groups is 1. The molecule has 7 heteroatoms. The first-order chi connectivity index (χ1) is 8.59. The molecule has 96 valence electrons. The average Bonchev–Trinajstić information content (AvgIpc) is 2.75. The van der Waals surface area contributed by atoms with Gasteiger partial charge in [0.25, 0.3) is 0 Å². The Bertz CT molecular complexity index is 459. The Balaban J connectivity index is 2.21. The van der Waals surface area contributed by atoms with E-state index in [1.54, 1.807) is 12.1 Å². The summed E-state index contributed by atoms with van der Waals surface area (Å²) in [6, 6.07) is 3.38. The van der Waals surface area contributed by atoms with E-state index in [1.165, 1.54) is 0 Å². The minimum Gasteiger partial charge on any atom is -0.481 e. The molecule has 0 saturated heterocycles. The highest BCUT2D eigenvalue weighted by atomic mass is 16.7. The fraction of sp³-hybridized carbons (Fsp3) is 0.364. The Labute approximate surface area is 104 Å². The van der Waals surface area contributed by atoms with Crippen LogP contribution in [0.3, 0.4) is 0 Å². The van der Waals surface area contributed by atoms with Gasteiger partial charge >= 0.3 is 13.1 Å². The summed E-state index contributed by atoms with van der Waals surface area (Å²) in [6.45, 7) is 0.0492. The number of aryl methyl sites for hydroxylation is 1. The van der Waals surface area contributed by atoms with Gasteiger partial charge in [0.15, 0.2) is 11.5 Å². The lowest BCUT2D eigenvalue weighted by molar-refractivity contribution is -0.137. The molecular weight excluding hydrogens is 239 g/mol. The number of carboxylic acid groups (broad SMARTS) is 1. The fourth-order valence-corrected chi connectivity index (χ4v) is 1.97. The largest absolute Gasteiger partial charge is 0.492 e. The van der Waals surface area contributed by atoms with Crippen molar-refractivity contribution in [3.05, 3.63) is 17.7 Å². The van der Waals surface area contributed by atoms with Gasteiger partial charge in [0.1, 0.15) is 0 Å². The van der Waals surface area contributed by atoms with Crippen LogP contribution in [0.2, 0.25) is 0 Å². The lowest BCUT2D eigenvalue weighted by Gasteiger charge is -2.11. The van der Waals surface area contributed by atoms with Crippen LogP contribution in [0.25, 0.3) is 0 Å². The number of ether oxygens (including phenoxy) is 2. The third-order valence-corrected chi connectivity index (χ3v) is 2.76. The van der Waals surface area contributed by atoms with Crippen LogP contribution in [-0.2, 0) is 11.2 Å². The molecule has 0 bridgehead atoms. The number of benzene rings is 1. The molecular formula is C11H13BO6. The molecule has 1 aromatic carbocycles. The third-order valence-electron chi connectivity index (χ3n) is 2.76. The maximum Gasteiger partial charge on any atom is 0.492 e. The summed E-state index contributed by atoms with van der Waals surface area (Å²) in [4.78, 5) is 10.5. The van der Waals surface area contributed by atoms with E-state index in [0.29, 0.717) is 29.9 Å². The second-order valence-corrected chi connectivity index (χ2v) is 3.99. The van der Waals surface area contributed by atoms with Crippen LogP contribution >= 0.6 is 0 Å². The van der Waals surface area contributed by atoms with Crippen LogP contribution in [0, 0.1) is 0 Å². The van der Waals surface area contributed by atoms with E-state index in [-0.39, 0.29) is 18.7 Å². The van der Waals surface area contributed by atoms with E-state index in [9.17, 15) is 14.8 Å². The highest BCUT2D eigenvalue weighted by molar-refractivity contribution is 6.60. The number of hydrogen-bond donors (Lipinski definition) is 3. The summed E-state index contributed by atoms with van der Waals surface area (Å²) in [5.74, 6) is -0.0697. The minimum absolute atomic E-state index is 0.0371. The fourth-order valence-electron chi connectivity index (χ4n) is 1.97. The molecule has 0 fully saturated rings. The summed E-state index contributed by atoms with van der Waals surface area (Å²) < 4.78 is 10.3. The molecule has 1 aliphatic heterocycles. The third kappa shape index (κ3) is 2.57. The first-order valence-corrected chi connectivity index (χ1v) is 5.59. The van der Waals surface area contributed by atoms with Crippen molar-refractivity contribution in [1.29, 1.82) is 0 Å². The van der Waals surface area contributed by atoms with Gasteiger partial charge < -0.3 is 24.6 Å². The summed E-state index contributed by atoms with van der Waals surface area (Å²) in [6.07, 6.45) is 0.903. The number of aliphatic carboxylic acids is 1. The maximum absolute atomic E-state index is 10.5. The SMILES string of the molecule is O=C(O)CCCc1ccc2c(c1B(O)O)OCO2. The van der Waals surface area contributed by atoms with Gasteiger partial charge in [-0.15, -0.1) is 0 Å². The van der Waals surface area contributed by atoms with E-state index < -0.39 is 13.1 Å². The molecule has 1 aliphatic rings. The Morgan fingerprint density at radius 3 is 2.78 bits per heavy atom. The Morgan fingerprint density at radius 1 is 1.33 bits per heavy atom. The molecule has 0 amide bonds. The van der Waals surface area contributed by atoms with Crippen LogP contribution in [-0.4, -0.2) is 35.0 Å². The van der Waals surface area contributed by atoms with Gasteiger partial charge in [-0.05, 0) is 24.5 Å².